The van der Waals surface area contributed by atoms with E-state index in [-0.39, 0.29) is 30.3 Å². The molecule has 0 bridgehead atoms. The summed E-state index contributed by atoms with van der Waals surface area (Å²) in [7, 11) is 1.82. The fraction of sp³-hybridized carbons (Fsp3) is 0.176. The Morgan fingerprint density at radius 3 is 2.23 bits per heavy atom. The van der Waals surface area contributed by atoms with E-state index < -0.39 is 0 Å². The topological polar surface area (TPSA) is 136 Å². The molecule has 3 aromatic carbocycles. The number of nitrogens with zero attached hydrogens (tertiary/aromatic N) is 4. The number of hydrogen-bond acceptors (Lipinski definition) is 7. The first kappa shape index (κ1) is 28.6. The van der Waals surface area contributed by atoms with Crippen molar-refractivity contribution in [2.24, 2.45) is 7.05 Å². The van der Waals surface area contributed by atoms with Crippen molar-refractivity contribution in [3.8, 4) is 33.8 Å². The maximum atomic E-state index is 13.3. The number of aliphatic hydroxyl groups is 1. The van der Waals surface area contributed by atoms with Crippen LogP contribution in [0.5, 0.6) is 11.5 Å². The first-order valence-electron chi connectivity index (χ1n) is 14.3. The monoisotopic (exact) mass is 588 g/mol. The molecule has 10 heteroatoms. The number of nitrogen functional groups attached to an aromatic ring is 1. The molecule has 4 N–H and O–H groups in total. The van der Waals surface area contributed by atoms with Crippen molar-refractivity contribution in [1.29, 1.82) is 0 Å². The summed E-state index contributed by atoms with van der Waals surface area (Å²) in [5, 5.41) is 16.4. The number of benzene rings is 3. The molecule has 1 fully saturated rings. The van der Waals surface area contributed by atoms with Gasteiger partial charge in [-0.25, -0.2) is 4.98 Å². The average Bonchev–Trinajstić information content (AvgIpc) is 3.71. The van der Waals surface area contributed by atoms with Gasteiger partial charge in [-0.2, -0.15) is 5.10 Å². The van der Waals surface area contributed by atoms with Gasteiger partial charge in [-0.15, -0.1) is 0 Å². The van der Waals surface area contributed by atoms with Crippen molar-refractivity contribution in [2.45, 2.75) is 19.1 Å². The Labute approximate surface area is 254 Å². The van der Waals surface area contributed by atoms with Crippen LogP contribution < -0.4 is 15.8 Å². The summed E-state index contributed by atoms with van der Waals surface area (Å²) < 4.78 is 7.57. The SMILES string of the molecule is Cn1cc(-c2cnc(N)c(C(=O)N[C@@H]3CCN(C(=O)c4ccc(-c5ccc(Oc6ccc(CO)cc6)cc5)cc4)C3)c2)cn1. The molecule has 1 atom stereocenters. The maximum absolute atomic E-state index is 13.3. The van der Waals surface area contributed by atoms with Crippen LogP contribution in [0.2, 0.25) is 0 Å². The van der Waals surface area contributed by atoms with Gasteiger partial charge in [0.05, 0.1) is 18.4 Å². The Morgan fingerprint density at radius 2 is 1.59 bits per heavy atom. The van der Waals surface area contributed by atoms with E-state index in [1.807, 2.05) is 86.0 Å². The summed E-state index contributed by atoms with van der Waals surface area (Å²) in [6.45, 7) is 0.944. The predicted octanol–water partition coefficient (Wildman–Crippen LogP) is 4.66. The minimum atomic E-state index is -0.319. The molecule has 6 rings (SSSR count). The zero-order chi connectivity index (χ0) is 30.6. The minimum Gasteiger partial charge on any atom is -0.457 e. The lowest BCUT2D eigenvalue weighted by Gasteiger charge is -2.18. The average molecular weight is 589 g/mol. The van der Waals surface area contributed by atoms with Gasteiger partial charge in [0, 0.05) is 55.3 Å². The fourth-order valence-corrected chi connectivity index (χ4v) is 5.21. The number of anilines is 1. The van der Waals surface area contributed by atoms with E-state index in [0.717, 1.165) is 27.8 Å². The highest BCUT2D eigenvalue weighted by Crippen LogP contribution is 2.27. The third kappa shape index (κ3) is 6.30. The number of aromatic nitrogens is 3. The highest BCUT2D eigenvalue weighted by Gasteiger charge is 2.29. The number of aryl methyl sites for hydroxylation is 1. The second-order valence-electron chi connectivity index (χ2n) is 10.8. The lowest BCUT2D eigenvalue weighted by molar-refractivity contribution is 0.0783. The molecular formula is C34H32N6O4. The third-order valence-corrected chi connectivity index (χ3v) is 7.67. The highest BCUT2D eigenvalue weighted by atomic mass is 16.5. The Balaban J connectivity index is 1.05. The minimum absolute atomic E-state index is 0.00598. The predicted molar refractivity (Wildman–Crippen MR) is 167 cm³/mol. The van der Waals surface area contributed by atoms with Crippen LogP contribution >= 0.6 is 0 Å². The Morgan fingerprint density at radius 1 is 0.932 bits per heavy atom. The molecule has 1 aliphatic rings. The molecule has 10 nitrogen and oxygen atoms in total. The van der Waals surface area contributed by atoms with E-state index in [1.54, 1.807) is 28.0 Å². The summed E-state index contributed by atoms with van der Waals surface area (Å²) in [5.41, 5.74) is 11.3. The van der Waals surface area contributed by atoms with Crippen molar-refractivity contribution in [1.82, 2.24) is 25.0 Å². The number of amides is 2. The zero-order valence-corrected chi connectivity index (χ0v) is 24.2. The Bertz CT molecular complexity index is 1780. The van der Waals surface area contributed by atoms with E-state index in [9.17, 15) is 14.7 Å². The maximum Gasteiger partial charge on any atom is 0.255 e. The molecule has 2 aromatic heterocycles. The van der Waals surface area contributed by atoms with Gasteiger partial charge in [-0.3, -0.25) is 14.3 Å². The number of pyridine rings is 1. The van der Waals surface area contributed by atoms with Crippen LogP contribution in [0.3, 0.4) is 0 Å². The van der Waals surface area contributed by atoms with E-state index in [4.69, 9.17) is 10.5 Å². The van der Waals surface area contributed by atoms with Crippen molar-refractivity contribution in [3.05, 3.63) is 114 Å². The van der Waals surface area contributed by atoms with E-state index in [0.29, 0.717) is 42.1 Å². The second-order valence-corrected chi connectivity index (χ2v) is 10.8. The lowest BCUT2D eigenvalue weighted by atomic mass is 10.0. The molecule has 0 saturated carbocycles. The molecule has 3 heterocycles. The number of ether oxygens (including phenoxy) is 1. The third-order valence-electron chi connectivity index (χ3n) is 7.67. The van der Waals surface area contributed by atoms with Crippen molar-refractivity contribution in [3.63, 3.8) is 0 Å². The number of aliphatic hydroxyl groups excluding tert-OH is 1. The van der Waals surface area contributed by atoms with Crippen LogP contribution in [0.4, 0.5) is 5.82 Å². The molecule has 0 radical (unpaired) electrons. The number of carbonyl (C=O) groups excluding carboxylic acids is 2. The summed E-state index contributed by atoms with van der Waals surface area (Å²) in [6, 6.07) is 24.0. The van der Waals surface area contributed by atoms with Gasteiger partial charge in [0.2, 0.25) is 0 Å². The van der Waals surface area contributed by atoms with Crippen molar-refractivity contribution in [2.75, 3.05) is 18.8 Å². The van der Waals surface area contributed by atoms with Gasteiger partial charge in [-0.05, 0) is 65.6 Å². The number of hydrogen-bond donors (Lipinski definition) is 3. The van der Waals surface area contributed by atoms with Gasteiger partial charge in [0.1, 0.15) is 17.3 Å². The molecule has 0 aliphatic carbocycles. The first-order chi connectivity index (χ1) is 21.4. The van der Waals surface area contributed by atoms with Crippen LogP contribution in [-0.2, 0) is 13.7 Å². The van der Waals surface area contributed by atoms with Gasteiger partial charge in [0.15, 0.2) is 0 Å². The van der Waals surface area contributed by atoms with Gasteiger partial charge in [0.25, 0.3) is 11.8 Å². The summed E-state index contributed by atoms with van der Waals surface area (Å²) >= 11 is 0. The largest absolute Gasteiger partial charge is 0.457 e. The van der Waals surface area contributed by atoms with Gasteiger partial charge in [-0.1, -0.05) is 36.4 Å². The number of carbonyl (C=O) groups is 2. The van der Waals surface area contributed by atoms with Gasteiger partial charge < -0.3 is 25.8 Å². The molecular weight excluding hydrogens is 556 g/mol. The Kier molecular flexibility index (Phi) is 8.07. The van der Waals surface area contributed by atoms with Gasteiger partial charge >= 0.3 is 0 Å². The normalized spacial score (nSPS) is 14.4. The lowest BCUT2D eigenvalue weighted by Crippen LogP contribution is -2.38. The quantitative estimate of drug-likeness (QED) is 0.240. The molecule has 1 aliphatic heterocycles. The highest BCUT2D eigenvalue weighted by molar-refractivity contribution is 6.00. The van der Waals surface area contributed by atoms with Crippen molar-refractivity contribution < 1.29 is 19.4 Å². The standard InChI is InChI=1S/C34H32N6O4/c1-39-19-27(18-37-39)26-16-31(32(35)36-17-26)33(42)38-28-14-15-40(20-28)34(43)25-6-4-23(5-7-25)24-8-12-30(13-9-24)44-29-10-2-22(21-41)3-11-29/h2-13,16-19,28,41H,14-15,20-21H2,1H3,(H2,35,36)(H,38,42)/t28-/m1/s1. The molecule has 1 saturated heterocycles. The second kappa shape index (κ2) is 12.4. The molecule has 2 amide bonds. The molecule has 5 aromatic rings. The fourth-order valence-electron chi connectivity index (χ4n) is 5.21. The summed E-state index contributed by atoms with van der Waals surface area (Å²) in [4.78, 5) is 32.3. The van der Waals surface area contributed by atoms with Crippen LogP contribution in [0.15, 0.2) is 97.5 Å². The number of rotatable bonds is 8. The zero-order valence-electron chi connectivity index (χ0n) is 24.2. The summed E-state index contributed by atoms with van der Waals surface area (Å²) in [5.74, 6) is 1.15. The first-order valence-corrected chi connectivity index (χ1v) is 14.3. The van der Waals surface area contributed by atoms with Crippen LogP contribution in [0.1, 0.15) is 32.7 Å². The number of likely N-dealkylation sites (tertiary alicyclic amines) is 1. The number of nitrogens with one attached hydrogen (secondary N) is 1. The molecule has 0 unspecified atom stereocenters. The Hall–Kier alpha value is -5.48. The molecule has 222 valence electrons. The summed E-state index contributed by atoms with van der Waals surface area (Å²) in [6.07, 6.45) is 5.81. The number of nitrogens with two attached hydrogens (primary N) is 1. The molecule has 0 spiro atoms. The van der Waals surface area contributed by atoms with Crippen LogP contribution in [-0.4, -0.2) is 55.7 Å². The van der Waals surface area contributed by atoms with E-state index in [1.165, 1.54) is 0 Å². The van der Waals surface area contributed by atoms with Crippen LogP contribution in [0, 0.1) is 0 Å². The smallest absolute Gasteiger partial charge is 0.255 e. The van der Waals surface area contributed by atoms with Crippen molar-refractivity contribution >= 4 is 17.6 Å². The molecule has 44 heavy (non-hydrogen) atoms. The van der Waals surface area contributed by atoms with E-state index >= 15 is 0 Å². The van der Waals surface area contributed by atoms with Crippen LogP contribution in [0.25, 0.3) is 22.3 Å². The van der Waals surface area contributed by atoms with E-state index in [2.05, 4.69) is 15.4 Å².